The van der Waals surface area contributed by atoms with Gasteiger partial charge < -0.3 is 0 Å². The predicted molar refractivity (Wildman–Crippen MR) is 88.5 cm³/mol. The Bertz CT molecular complexity index is 720. The number of hydrogen-bond acceptors (Lipinski definition) is 3. The SMILES string of the molecule is CC(C)c1ccc(C=O)cc1.Cc1ccccc1S(N)(=O)=O. The third-order valence-corrected chi connectivity index (χ3v) is 4.21. The molecule has 4 nitrogen and oxygen atoms in total. The first-order valence-corrected chi connectivity index (χ1v) is 8.44. The van der Waals surface area contributed by atoms with Crippen molar-refractivity contribution in [2.45, 2.75) is 31.6 Å². The highest BCUT2D eigenvalue weighted by atomic mass is 32.2. The molecule has 0 aliphatic heterocycles. The molecule has 0 heterocycles. The zero-order chi connectivity index (χ0) is 16.8. The number of rotatable bonds is 3. The molecule has 0 saturated carbocycles. The van der Waals surface area contributed by atoms with Crippen molar-refractivity contribution in [1.82, 2.24) is 0 Å². The van der Waals surface area contributed by atoms with E-state index in [0.717, 1.165) is 11.8 Å². The summed E-state index contributed by atoms with van der Waals surface area (Å²) in [5.74, 6) is 0.538. The fourth-order valence-corrected chi connectivity index (χ4v) is 2.62. The Morgan fingerprint density at radius 1 is 1.00 bits per heavy atom. The highest BCUT2D eigenvalue weighted by Gasteiger charge is 2.08. The van der Waals surface area contributed by atoms with Gasteiger partial charge in [-0.25, -0.2) is 13.6 Å². The van der Waals surface area contributed by atoms with E-state index in [4.69, 9.17) is 5.14 Å². The second-order valence-corrected chi connectivity index (χ2v) is 6.78. The Balaban J connectivity index is 0.000000220. The second kappa shape index (κ2) is 7.87. The number of carbonyl (C=O) groups excluding carboxylic acids is 1. The van der Waals surface area contributed by atoms with E-state index in [1.54, 1.807) is 25.1 Å². The average molecular weight is 319 g/mol. The van der Waals surface area contributed by atoms with E-state index in [2.05, 4.69) is 13.8 Å². The number of benzene rings is 2. The van der Waals surface area contributed by atoms with Crippen LogP contribution in [-0.2, 0) is 10.0 Å². The Kier molecular flexibility index (Phi) is 6.46. The first kappa shape index (κ1) is 18.1. The Labute approximate surface area is 132 Å². The molecule has 0 aliphatic carbocycles. The van der Waals surface area contributed by atoms with Crippen molar-refractivity contribution < 1.29 is 13.2 Å². The van der Waals surface area contributed by atoms with Gasteiger partial charge in [0.05, 0.1) is 4.90 Å². The summed E-state index contributed by atoms with van der Waals surface area (Å²) in [5, 5.41) is 4.93. The van der Waals surface area contributed by atoms with Gasteiger partial charge >= 0.3 is 0 Å². The minimum Gasteiger partial charge on any atom is -0.298 e. The normalized spacial score (nSPS) is 10.8. The van der Waals surface area contributed by atoms with E-state index in [1.807, 2.05) is 24.3 Å². The summed E-state index contributed by atoms with van der Waals surface area (Å²) in [4.78, 5) is 10.5. The molecule has 0 fully saturated rings. The van der Waals surface area contributed by atoms with Crippen LogP contribution >= 0.6 is 0 Å². The first-order valence-electron chi connectivity index (χ1n) is 6.89. The van der Waals surface area contributed by atoms with Crippen LogP contribution in [0.4, 0.5) is 0 Å². The molecule has 118 valence electrons. The van der Waals surface area contributed by atoms with E-state index < -0.39 is 10.0 Å². The van der Waals surface area contributed by atoms with E-state index in [9.17, 15) is 13.2 Å². The molecular weight excluding hydrogens is 298 g/mol. The van der Waals surface area contributed by atoms with Crippen LogP contribution < -0.4 is 5.14 Å². The Morgan fingerprint density at radius 3 is 1.91 bits per heavy atom. The molecule has 2 N–H and O–H groups in total. The van der Waals surface area contributed by atoms with E-state index >= 15 is 0 Å². The summed E-state index contributed by atoms with van der Waals surface area (Å²) in [6, 6.07) is 14.3. The number of primary sulfonamides is 1. The molecule has 0 aromatic heterocycles. The van der Waals surface area contributed by atoms with Gasteiger partial charge in [0.1, 0.15) is 6.29 Å². The molecule has 5 heteroatoms. The molecule has 2 aromatic carbocycles. The van der Waals surface area contributed by atoms with Gasteiger partial charge in [0, 0.05) is 5.56 Å². The lowest BCUT2D eigenvalue weighted by Crippen LogP contribution is -2.13. The maximum absolute atomic E-state index is 10.8. The molecule has 2 rings (SSSR count). The molecule has 0 radical (unpaired) electrons. The summed E-state index contributed by atoms with van der Waals surface area (Å²) in [6.07, 6.45) is 0.865. The maximum atomic E-state index is 10.8. The van der Waals surface area contributed by atoms with Crippen molar-refractivity contribution >= 4 is 16.3 Å². The predicted octanol–water partition coefficient (Wildman–Crippen LogP) is 3.26. The molecule has 0 saturated heterocycles. The van der Waals surface area contributed by atoms with Crippen molar-refractivity contribution in [2.75, 3.05) is 0 Å². The van der Waals surface area contributed by atoms with Crippen molar-refractivity contribution in [3.8, 4) is 0 Å². The summed E-state index contributed by atoms with van der Waals surface area (Å²) in [6.45, 7) is 5.98. The van der Waals surface area contributed by atoms with Crippen LogP contribution in [0.15, 0.2) is 53.4 Å². The smallest absolute Gasteiger partial charge is 0.238 e. The lowest BCUT2D eigenvalue weighted by molar-refractivity contribution is 0.112. The Hall–Kier alpha value is -1.98. The molecule has 0 spiro atoms. The highest BCUT2D eigenvalue weighted by molar-refractivity contribution is 7.89. The van der Waals surface area contributed by atoms with E-state index in [-0.39, 0.29) is 4.90 Å². The van der Waals surface area contributed by atoms with Crippen LogP contribution in [0.3, 0.4) is 0 Å². The third-order valence-electron chi connectivity index (χ3n) is 3.14. The van der Waals surface area contributed by atoms with Crippen LogP contribution in [0, 0.1) is 6.92 Å². The monoisotopic (exact) mass is 319 g/mol. The zero-order valence-electron chi connectivity index (χ0n) is 13.0. The quantitative estimate of drug-likeness (QED) is 0.882. The largest absolute Gasteiger partial charge is 0.298 e. The molecule has 0 bridgehead atoms. The summed E-state index contributed by atoms with van der Waals surface area (Å²) in [7, 11) is -3.53. The molecule has 0 amide bonds. The van der Waals surface area contributed by atoms with Gasteiger partial charge in [-0.15, -0.1) is 0 Å². The first-order chi connectivity index (χ1) is 10.3. The molecule has 0 unspecified atom stereocenters. The molecule has 22 heavy (non-hydrogen) atoms. The van der Waals surface area contributed by atoms with Gasteiger partial charge in [-0.1, -0.05) is 56.3 Å². The lowest BCUT2D eigenvalue weighted by atomic mass is 10.0. The van der Waals surface area contributed by atoms with Gasteiger partial charge in [0.2, 0.25) is 10.0 Å². The van der Waals surface area contributed by atoms with Crippen molar-refractivity contribution in [3.63, 3.8) is 0 Å². The molecular formula is C17H21NO3S. The number of aldehydes is 1. The fraction of sp³-hybridized carbons (Fsp3) is 0.235. The van der Waals surface area contributed by atoms with Crippen LogP contribution in [0.2, 0.25) is 0 Å². The number of aryl methyl sites for hydroxylation is 1. The van der Waals surface area contributed by atoms with Crippen LogP contribution in [-0.4, -0.2) is 14.7 Å². The zero-order valence-corrected chi connectivity index (χ0v) is 13.8. The Morgan fingerprint density at radius 2 is 1.55 bits per heavy atom. The fourth-order valence-electron chi connectivity index (χ4n) is 1.84. The number of sulfonamides is 1. The van der Waals surface area contributed by atoms with Crippen LogP contribution in [0.1, 0.15) is 41.3 Å². The lowest BCUT2D eigenvalue weighted by Gasteiger charge is -2.03. The standard InChI is InChI=1S/C10H12O.C7H9NO2S/c1-8(2)10-5-3-9(7-11)4-6-10;1-6-4-2-3-5-7(6)11(8,9)10/h3-8H,1-2H3;2-5H,1H3,(H2,8,9,10). The molecule has 0 aliphatic rings. The number of nitrogens with two attached hydrogens (primary N) is 1. The average Bonchev–Trinajstić information content (AvgIpc) is 2.47. The topological polar surface area (TPSA) is 77.2 Å². The van der Waals surface area contributed by atoms with E-state index in [1.165, 1.54) is 11.6 Å². The van der Waals surface area contributed by atoms with Gasteiger partial charge in [-0.3, -0.25) is 4.79 Å². The minimum absolute atomic E-state index is 0.194. The molecule has 2 aromatic rings. The maximum Gasteiger partial charge on any atom is 0.238 e. The van der Waals surface area contributed by atoms with Gasteiger partial charge in [-0.05, 0) is 30.0 Å². The summed E-state index contributed by atoms with van der Waals surface area (Å²) >= 11 is 0. The third kappa shape index (κ3) is 5.42. The number of hydrogen-bond donors (Lipinski definition) is 1. The van der Waals surface area contributed by atoms with Gasteiger partial charge in [-0.2, -0.15) is 0 Å². The number of carbonyl (C=O) groups is 1. The van der Waals surface area contributed by atoms with E-state index in [0.29, 0.717) is 11.5 Å². The highest BCUT2D eigenvalue weighted by Crippen LogP contribution is 2.13. The van der Waals surface area contributed by atoms with Crippen molar-refractivity contribution in [1.29, 1.82) is 0 Å². The second-order valence-electron chi connectivity index (χ2n) is 5.25. The summed E-state index contributed by atoms with van der Waals surface area (Å²) in [5.41, 5.74) is 2.69. The van der Waals surface area contributed by atoms with Gasteiger partial charge in [0.25, 0.3) is 0 Å². The van der Waals surface area contributed by atoms with Crippen molar-refractivity contribution in [3.05, 3.63) is 65.2 Å². The summed E-state index contributed by atoms with van der Waals surface area (Å²) < 4.78 is 21.7. The minimum atomic E-state index is -3.53. The molecule has 0 atom stereocenters. The van der Waals surface area contributed by atoms with Gasteiger partial charge in [0.15, 0.2) is 0 Å². The van der Waals surface area contributed by atoms with Crippen LogP contribution in [0.5, 0.6) is 0 Å². The van der Waals surface area contributed by atoms with Crippen LogP contribution in [0.25, 0.3) is 0 Å². The van der Waals surface area contributed by atoms with Crippen molar-refractivity contribution in [2.24, 2.45) is 5.14 Å².